The molecule has 0 saturated carbocycles. The molecule has 0 atom stereocenters. The van der Waals surface area contributed by atoms with Crippen molar-refractivity contribution in [2.45, 2.75) is 10.8 Å². The molecule has 0 aliphatic rings. The summed E-state index contributed by atoms with van der Waals surface area (Å²) in [6, 6.07) is 10.5. The Hall–Kier alpha value is -1.39. The zero-order chi connectivity index (χ0) is 13.2. The summed E-state index contributed by atoms with van der Waals surface area (Å²) in [6.07, 6.45) is 2.92. The van der Waals surface area contributed by atoms with E-state index in [1.54, 1.807) is 30.5 Å². The molecule has 5 heteroatoms. The second-order valence-corrected chi connectivity index (χ2v) is 6.25. The maximum absolute atomic E-state index is 11.3. The summed E-state index contributed by atoms with van der Waals surface area (Å²) < 4.78 is 22.7. The molecule has 0 aliphatic carbocycles. The first-order valence-corrected chi connectivity index (χ1v) is 7.74. The third-order valence-corrected chi connectivity index (χ3v) is 3.98. The first kappa shape index (κ1) is 13.1. The van der Waals surface area contributed by atoms with Gasteiger partial charge in [0.25, 0.3) is 0 Å². The lowest BCUT2D eigenvalue weighted by atomic mass is 10.1. The predicted octanol–water partition coefficient (Wildman–Crippen LogP) is 2.89. The molecule has 2 aromatic rings. The van der Waals surface area contributed by atoms with Gasteiger partial charge < -0.3 is 0 Å². The van der Waals surface area contributed by atoms with E-state index in [2.05, 4.69) is 4.98 Å². The van der Waals surface area contributed by atoms with Gasteiger partial charge in [0.05, 0.1) is 16.5 Å². The first-order valence-electron chi connectivity index (χ1n) is 5.32. The molecule has 2 rings (SSSR count). The fraction of sp³-hybridized carbons (Fsp3) is 0.154. The molecule has 0 spiro atoms. The Balaban J connectivity index is 2.34. The van der Waals surface area contributed by atoms with E-state index in [4.69, 9.17) is 11.6 Å². The van der Waals surface area contributed by atoms with Crippen molar-refractivity contribution >= 4 is 21.4 Å². The van der Waals surface area contributed by atoms with Crippen molar-refractivity contribution in [1.29, 1.82) is 0 Å². The maximum Gasteiger partial charge on any atom is 0.175 e. The van der Waals surface area contributed by atoms with Gasteiger partial charge >= 0.3 is 0 Å². The van der Waals surface area contributed by atoms with Gasteiger partial charge in [0.15, 0.2) is 9.84 Å². The highest BCUT2D eigenvalue weighted by molar-refractivity contribution is 7.90. The van der Waals surface area contributed by atoms with Crippen LogP contribution >= 0.6 is 11.6 Å². The number of halogens is 1. The van der Waals surface area contributed by atoms with Crippen LogP contribution in [0.15, 0.2) is 47.5 Å². The van der Waals surface area contributed by atoms with Crippen molar-refractivity contribution in [3.63, 3.8) is 0 Å². The molecule has 94 valence electrons. The molecule has 1 aromatic carbocycles. The summed E-state index contributed by atoms with van der Waals surface area (Å²) in [5.74, 6) is 0.382. The monoisotopic (exact) mass is 281 g/mol. The van der Waals surface area contributed by atoms with E-state index in [9.17, 15) is 8.42 Å². The average molecular weight is 282 g/mol. The van der Waals surface area contributed by atoms with E-state index in [1.807, 2.05) is 12.1 Å². The summed E-state index contributed by atoms with van der Waals surface area (Å²) >= 11 is 5.67. The second kappa shape index (κ2) is 5.08. The molecule has 0 radical (unpaired) electrons. The average Bonchev–Trinajstić information content (AvgIpc) is 2.38. The van der Waals surface area contributed by atoms with Gasteiger partial charge in [0.2, 0.25) is 0 Å². The van der Waals surface area contributed by atoms with Crippen LogP contribution in [0.1, 0.15) is 5.69 Å². The SMILES string of the molecule is CS(=O)(=O)c1ccc(-c2ccc(CCl)nc2)cc1. The fourth-order valence-corrected chi connectivity index (χ4v) is 2.36. The lowest BCUT2D eigenvalue weighted by Gasteiger charge is -2.03. The third kappa shape index (κ3) is 2.89. The van der Waals surface area contributed by atoms with E-state index < -0.39 is 9.84 Å². The first-order chi connectivity index (χ1) is 8.50. The fourth-order valence-electron chi connectivity index (χ4n) is 1.57. The Bertz CT molecular complexity index is 634. The van der Waals surface area contributed by atoms with E-state index in [0.29, 0.717) is 10.8 Å². The smallest absolute Gasteiger partial charge is 0.175 e. The number of nitrogens with zero attached hydrogens (tertiary/aromatic N) is 1. The number of sulfone groups is 1. The standard InChI is InChI=1S/C13H12ClNO2S/c1-18(16,17)13-6-3-10(4-7-13)11-2-5-12(8-14)15-9-11/h2-7,9H,8H2,1H3. The number of aromatic nitrogens is 1. The Kier molecular flexibility index (Phi) is 3.68. The predicted molar refractivity (Wildman–Crippen MR) is 72.3 cm³/mol. The minimum absolute atomic E-state index is 0.316. The number of pyridine rings is 1. The van der Waals surface area contributed by atoms with E-state index in [0.717, 1.165) is 16.8 Å². The van der Waals surface area contributed by atoms with Gasteiger partial charge in [-0.1, -0.05) is 18.2 Å². The van der Waals surface area contributed by atoms with Gasteiger partial charge in [-0.3, -0.25) is 4.98 Å². The Labute approximate surface area is 111 Å². The minimum Gasteiger partial charge on any atom is -0.259 e. The number of hydrogen-bond donors (Lipinski definition) is 0. The molecular weight excluding hydrogens is 270 g/mol. The van der Waals surface area contributed by atoms with Crippen LogP contribution in [0.4, 0.5) is 0 Å². The molecular formula is C13H12ClNO2S. The van der Waals surface area contributed by atoms with Crippen molar-refractivity contribution < 1.29 is 8.42 Å². The zero-order valence-electron chi connectivity index (χ0n) is 9.80. The Morgan fingerprint density at radius 1 is 1.06 bits per heavy atom. The number of hydrogen-bond acceptors (Lipinski definition) is 3. The molecule has 0 aliphatic heterocycles. The van der Waals surface area contributed by atoms with Gasteiger partial charge in [-0.15, -0.1) is 11.6 Å². The van der Waals surface area contributed by atoms with Gasteiger partial charge in [0, 0.05) is 18.0 Å². The highest BCUT2D eigenvalue weighted by Crippen LogP contribution is 2.21. The molecule has 18 heavy (non-hydrogen) atoms. The largest absolute Gasteiger partial charge is 0.259 e. The van der Waals surface area contributed by atoms with Crippen molar-refractivity contribution in [3.8, 4) is 11.1 Å². The molecule has 0 N–H and O–H groups in total. The number of rotatable bonds is 3. The van der Waals surface area contributed by atoms with E-state index in [1.165, 1.54) is 6.26 Å². The summed E-state index contributed by atoms with van der Waals surface area (Å²) in [5, 5.41) is 0. The van der Waals surface area contributed by atoms with Crippen molar-refractivity contribution in [2.24, 2.45) is 0 Å². The molecule has 0 bridgehead atoms. The second-order valence-electron chi connectivity index (χ2n) is 3.97. The van der Waals surface area contributed by atoms with Crippen molar-refractivity contribution in [1.82, 2.24) is 4.98 Å². The zero-order valence-corrected chi connectivity index (χ0v) is 11.4. The Morgan fingerprint density at radius 2 is 1.67 bits per heavy atom. The van der Waals surface area contributed by atoms with Crippen LogP contribution in [0.3, 0.4) is 0 Å². The molecule has 0 saturated heterocycles. The minimum atomic E-state index is -3.15. The van der Waals surface area contributed by atoms with Gasteiger partial charge in [0.1, 0.15) is 0 Å². The van der Waals surface area contributed by atoms with Gasteiger partial charge in [-0.2, -0.15) is 0 Å². The van der Waals surface area contributed by atoms with Crippen molar-refractivity contribution in [2.75, 3.05) is 6.26 Å². The molecule has 0 fully saturated rings. The molecule has 3 nitrogen and oxygen atoms in total. The summed E-state index contributed by atoms with van der Waals surface area (Å²) in [4.78, 5) is 4.51. The van der Waals surface area contributed by atoms with Crippen LogP contribution in [0.25, 0.3) is 11.1 Å². The molecule has 0 unspecified atom stereocenters. The summed E-state index contributed by atoms with van der Waals surface area (Å²) in [5.41, 5.74) is 2.67. The van der Waals surface area contributed by atoms with Crippen LogP contribution in [-0.4, -0.2) is 19.7 Å². The van der Waals surface area contributed by atoms with Gasteiger partial charge in [-0.05, 0) is 23.8 Å². The molecule has 1 aromatic heterocycles. The lowest BCUT2D eigenvalue weighted by Crippen LogP contribution is -1.96. The van der Waals surface area contributed by atoms with Crippen LogP contribution in [-0.2, 0) is 15.7 Å². The maximum atomic E-state index is 11.3. The molecule has 0 amide bonds. The normalized spacial score (nSPS) is 11.4. The topological polar surface area (TPSA) is 47.0 Å². The van der Waals surface area contributed by atoms with E-state index in [-0.39, 0.29) is 0 Å². The highest BCUT2D eigenvalue weighted by Gasteiger charge is 2.06. The van der Waals surface area contributed by atoms with Crippen LogP contribution in [0.2, 0.25) is 0 Å². The quantitative estimate of drug-likeness (QED) is 0.813. The van der Waals surface area contributed by atoms with Crippen LogP contribution in [0, 0.1) is 0 Å². The number of alkyl halides is 1. The van der Waals surface area contributed by atoms with Gasteiger partial charge in [-0.25, -0.2) is 8.42 Å². The lowest BCUT2D eigenvalue weighted by molar-refractivity contribution is 0.602. The number of benzene rings is 1. The highest BCUT2D eigenvalue weighted by atomic mass is 35.5. The van der Waals surface area contributed by atoms with Crippen molar-refractivity contribution in [3.05, 3.63) is 48.3 Å². The third-order valence-electron chi connectivity index (χ3n) is 2.58. The van der Waals surface area contributed by atoms with Crippen LogP contribution < -0.4 is 0 Å². The van der Waals surface area contributed by atoms with E-state index >= 15 is 0 Å². The summed E-state index contributed by atoms with van der Waals surface area (Å²) in [6.45, 7) is 0. The molecule has 1 heterocycles. The Morgan fingerprint density at radius 3 is 2.11 bits per heavy atom. The summed E-state index contributed by atoms with van der Waals surface area (Å²) in [7, 11) is -3.15. The van der Waals surface area contributed by atoms with Crippen LogP contribution in [0.5, 0.6) is 0 Å².